The fraction of sp³-hybridized carbons (Fsp3) is 0.417. The zero-order valence-corrected chi connectivity index (χ0v) is 9.99. The molecule has 1 aromatic carbocycles. The van der Waals surface area contributed by atoms with Crippen molar-refractivity contribution in [2.45, 2.75) is 6.92 Å². The molecule has 0 spiro atoms. The van der Waals surface area contributed by atoms with Crippen LogP contribution in [-0.4, -0.2) is 38.1 Å². The maximum absolute atomic E-state index is 11.7. The van der Waals surface area contributed by atoms with Gasteiger partial charge >= 0.3 is 5.97 Å². The third-order valence-electron chi connectivity index (χ3n) is 2.37. The third kappa shape index (κ3) is 3.24. The molecule has 2 N–H and O–H groups in total. The molecule has 0 atom stereocenters. The van der Waals surface area contributed by atoms with E-state index in [1.165, 1.54) is 0 Å². The van der Waals surface area contributed by atoms with Crippen LogP contribution in [0.1, 0.15) is 15.9 Å². The highest BCUT2D eigenvalue weighted by Crippen LogP contribution is 2.16. The summed E-state index contributed by atoms with van der Waals surface area (Å²) in [5.41, 5.74) is 7.65. The number of carbonyl (C=O) groups excluding carboxylic acids is 1. The van der Waals surface area contributed by atoms with Crippen LogP contribution in [-0.2, 0) is 4.74 Å². The molecular weight excluding hydrogens is 204 g/mol. The number of likely N-dealkylation sites (N-methyl/N-ethyl adjacent to an activating group) is 1. The first kappa shape index (κ1) is 12.5. The zero-order chi connectivity index (χ0) is 12.1. The molecule has 0 radical (unpaired) electrons. The Morgan fingerprint density at radius 3 is 2.75 bits per heavy atom. The van der Waals surface area contributed by atoms with E-state index >= 15 is 0 Å². The highest BCUT2D eigenvalue weighted by Gasteiger charge is 2.11. The summed E-state index contributed by atoms with van der Waals surface area (Å²) in [5, 5.41) is 0. The minimum Gasteiger partial charge on any atom is -0.461 e. The highest BCUT2D eigenvalue weighted by atomic mass is 16.5. The molecule has 4 nitrogen and oxygen atoms in total. The van der Waals surface area contributed by atoms with Crippen molar-refractivity contribution in [2.75, 3.05) is 33.0 Å². The van der Waals surface area contributed by atoms with Gasteiger partial charge in [-0.15, -0.1) is 0 Å². The molecule has 88 valence electrons. The molecule has 0 saturated heterocycles. The molecule has 0 saturated carbocycles. The van der Waals surface area contributed by atoms with Crippen molar-refractivity contribution < 1.29 is 9.53 Å². The summed E-state index contributed by atoms with van der Waals surface area (Å²) < 4.78 is 5.14. The summed E-state index contributed by atoms with van der Waals surface area (Å²) in [7, 11) is 3.86. The van der Waals surface area contributed by atoms with Crippen molar-refractivity contribution in [2.24, 2.45) is 0 Å². The Kier molecular flexibility index (Phi) is 4.31. The van der Waals surface area contributed by atoms with Gasteiger partial charge in [0.25, 0.3) is 0 Å². The Morgan fingerprint density at radius 2 is 2.12 bits per heavy atom. The molecule has 0 aromatic heterocycles. The highest BCUT2D eigenvalue weighted by molar-refractivity contribution is 5.92. The average molecular weight is 222 g/mol. The van der Waals surface area contributed by atoms with E-state index in [9.17, 15) is 4.79 Å². The number of anilines is 1. The van der Waals surface area contributed by atoms with Crippen molar-refractivity contribution in [3.8, 4) is 0 Å². The average Bonchev–Trinajstić information content (AvgIpc) is 2.21. The van der Waals surface area contributed by atoms with Crippen LogP contribution in [0.5, 0.6) is 0 Å². The van der Waals surface area contributed by atoms with E-state index in [-0.39, 0.29) is 5.97 Å². The van der Waals surface area contributed by atoms with Crippen molar-refractivity contribution in [3.63, 3.8) is 0 Å². The predicted molar refractivity (Wildman–Crippen MR) is 64.4 cm³/mol. The fourth-order valence-electron chi connectivity index (χ4n) is 1.27. The minimum absolute atomic E-state index is 0.313. The molecule has 0 amide bonds. The smallest absolute Gasteiger partial charge is 0.338 e. The van der Waals surface area contributed by atoms with E-state index in [2.05, 4.69) is 0 Å². The van der Waals surface area contributed by atoms with Crippen LogP contribution in [0.15, 0.2) is 18.2 Å². The topological polar surface area (TPSA) is 55.6 Å². The largest absolute Gasteiger partial charge is 0.461 e. The Balaban J connectivity index is 2.63. The molecule has 0 fully saturated rings. The number of nitrogen functional groups attached to an aromatic ring is 1. The molecule has 4 heteroatoms. The zero-order valence-electron chi connectivity index (χ0n) is 9.99. The van der Waals surface area contributed by atoms with Gasteiger partial charge in [-0.3, -0.25) is 0 Å². The predicted octanol–water partition coefficient (Wildman–Crippen LogP) is 1.30. The van der Waals surface area contributed by atoms with Crippen LogP contribution in [0.3, 0.4) is 0 Å². The summed E-state index contributed by atoms with van der Waals surface area (Å²) in [6, 6.07) is 5.25. The minimum atomic E-state index is -0.313. The molecule has 0 unspecified atom stereocenters. The van der Waals surface area contributed by atoms with E-state index in [1.54, 1.807) is 18.2 Å². The number of hydrogen-bond acceptors (Lipinski definition) is 4. The quantitative estimate of drug-likeness (QED) is 0.616. The summed E-state index contributed by atoms with van der Waals surface area (Å²) >= 11 is 0. The number of rotatable bonds is 4. The van der Waals surface area contributed by atoms with Gasteiger partial charge in [0.15, 0.2) is 0 Å². The lowest BCUT2D eigenvalue weighted by molar-refractivity contribution is 0.0481. The third-order valence-corrected chi connectivity index (χ3v) is 2.37. The summed E-state index contributed by atoms with van der Waals surface area (Å²) in [4.78, 5) is 13.7. The van der Waals surface area contributed by atoms with Crippen LogP contribution in [0.2, 0.25) is 0 Å². The molecule has 16 heavy (non-hydrogen) atoms. The molecular formula is C12H18N2O2. The molecule has 0 heterocycles. The summed E-state index contributed by atoms with van der Waals surface area (Å²) in [5.74, 6) is -0.313. The summed E-state index contributed by atoms with van der Waals surface area (Å²) in [6.07, 6.45) is 0. The van der Waals surface area contributed by atoms with Gasteiger partial charge in [-0.25, -0.2) is 4.79 Å². The number of esters is 1. The van der Waals surface area contributed by atoms with Gasteiger partial charge in [0.2, 0.25) is 0 Å². The number of ether oxygens (including phenoxy) is 1. The van der Waals surface area contributed by atoms with Gasteiger partial charge in [0, 0.05) is 12.2 Å². The number of benzene rings is 1. The second kappa shape index (κ2) is 5.51. The van der Waals surface area contributed by atoms with Gasteiger partial charge < -0.3 is 15.4 Å². The van der Waals surface area contributed by atoms with Crippen LogP contribution in [0.25, 0.3) is 0 Å². The maximum atomic E-state index is 11.7. The van der Waals surface area contributed by atoms with Gasteiger partial charge in [-0.05, 0) is 38.7 Å². The van der Waals surface area contributed by atoms with E-state index in [0.29, 0.717) is 24.4 Å². The number of hydrogen-bond donors (Lipinski definition) is 1. The van der Waals surface area contributed by atoms with Gasteiger partial charge in [0.1, 0.15) is 6.61 Å². The molecule has 0 aliphatic carbocycles. The number of nitrogens with two attached hydrogens (primary N) is 1. The lowest BCUT2D eigenvalue weighted by atomic mass is 10.1. The van der Waals surface area contributed by atoms with E-state index in [0.717, 1.165) is 5.56 Å². The Hall–Kier alpha value is -1.55. The van der Waals surface area contributed by atoms with E-state index in [1.807, 2.05) is 25.9 Å². The standard InChI is InChI=1S/C12H18N2O2/c1-9-10(5-4-6-11(9)13)12(15)16-8-7-14(2)3/h4-6H,7-8,13H2,1-3H3. The molecule has 0 aliphatic rings. The van der Waals surface area contributed by atoms with Crippen LogP contribution < -0.4 is 5.73 Å². The number of nitrogens with zero attached hydrogens (tertiary/aromatic N) is 1. The first-order valence-electron chi connectivity index (χ1n) is 5.19. The lowest BCUT2D eigenvalue weighted by Gasteiger charge is -2.11. The molecule has 0 bridgehead atoms. The normalized spacial score (nSPS) is 10.5. The van der Waals surface area contributed by atoms with Crippen LogP contribution in [0.4, 0.5) is 5.69 Å². The monoisotopic (exact) mass is 222 g/mol. The Morgan fingerprint density at radius 1 is 1.44 bits per heavy atom. The van der Waals surface area contributed by atoms with Gasteiger partial charge in [0.05, 0.1) is 5.56 Å². The van der Waals surface area contributed by atoms with Gasteiger partial charge in [-0.1, -0.05) is 6.07 Å². The fourth-order valence-corrected chi connectivity index (χ4v) is 1.27. The first-order valence-corrected chi connectivity index (χ1v) is 5.19. The van der Waals surface area contributed by atoms with Crippen molar-refractivity contribution in [1.29, 1.82) is 0 Å². The number of carbonyl (C=O) groups is 1. The SMILES string of the molecule is Cc1c(N)cccc1C(=O)OCCN(C)C. The van der Waals surface area contributed by atoms with Crippen molar-refractivity contribution in [3.05, 3.63) is 29.3 Å². The Bertz CT molecular complexity index is 375. The van der Waals surface area contributed by atoms with E-state index < -0.39 is 0 Å². The van der Waals surface area contributed by atoms with Gasteiger partial charge in [-0.2, -0.15) is 0 Å². The summed E-state index contributed by atoms with van der Waals surface area (Å²) in [6.45, 7) is 2.92. The molecule has 1 rings (SSSR count). The first-order chi connectivity index (χ1) is 7.52. The van der Waals surface area contributed by atoms with Crippen LogP contribution in [0, 0.1) is 6.92 Å². The maximum Gasteiger partial charge on any atom is 0.338 e. The second-order valence-corrected chi connectivity index (χ2v) is 3.96. The van der Waals surface area contributed by atoms with Crippen LogP contribution >= 0.6 is 0 Å². The lowest BCUT2D eigenvalue weighted by Crippen LogP contribution is -2.20. The molecule has 1 aromatic rings. The van der Waals surface area contributed by atoms with Crippen molar-refractivity contribution in [1.82, 2.24) is 4.90 Å². The second-order valence-electron chi connectivity index (χ2n) is 3.96. The van der Waals surface area contributed by atoms with Crippen molar-refractivity contribution >= 4 is 11.7 Å². The van der Waals surface area contributed by atoms with E-state index in [4.69, 9.17) is 10.5 Å². The Labute approximate surface area is 96.0 Å². The molecule has 0 aliphatic heterocycles.